The van der Waals surface area contributed by atoms with Crippen LogP contribution in [0.3, 0.4) is 0 Å². The first-order valence-corrected chi connectivity index (χ1v) is 7.27. The van der Waals surface area contributed by atoms with E-state index in [9.17, 15) is 0 Å². The molecule has 0 spiro atoms. The lowest BCUT2D eigenvalue weighted by Crippen LogP contribution is -2.34. The standard InChI is InChI=1S/C15H29N3/c1-6-9-16-12-15(4,8-3)11-14-10-13(7-2)17-18(14)5/h10,16H,6-9,11-12H2,1-5H3. The molecule has 18 heavy (non-hydrogen) atoms. The average Bonchev–Trinajstić information content (AvgIpc) is 2.70. The SMILES string of the molecule is CCCNCC(C)(CC)Cc1cc(CC)nn1C. The van der Waals surface area contributed by atoms with Crippen molar-refractivity contribution in [2.24, 2.45) is 12.5 Å². The van der Waals surface area contributed by atoms with Crippen LogP contribution < -0.4 is 5.32 Å². The molecule has 0 aromatic carbocycles. The summed E-state index contributed by atoms with van der Waals surface area (Å²) in [5, 5.41) is 8.10. The van der Waals surface area contributed by atoms with E-state index >= 15 is 0 Å². The zero-order valence-corrected chi connectivity index (χ0v) is 12.7. The average molecular weight is 251 g/mol. The van der Waals surface area contributed by atoms with Gasteiger partial charge in [0.2, 0.25) is 0 Å². The van der Waals surface area contributed by atoms with Gasteiger partial charge in [-0.1, -0.05) is 27.7 Å². The van der Waals surface area contributed by atoms with Crippen molar-refractivity contribution in [2.75, 3.05) is 13.1 Å². The molecular formula is C15H29N3. The van der Waals surface area contributed by atoms with Crippen LogP contribution in [0.4, 0.5) is 0 Å². The molecule has 0 aliphatic rings. The van der Waals surface area contributed by atoms with E-state index in [1.807, 2.05) is 4.68 Å². The van der Waals surface area contributed by atoms with Crippen molar-refractivity contribution in [3.63, 3.8) is 0 Å². The predicted octanol–water partition coefficient (Wildman–Crippen LogP) is 2.94. The van der Waals surface area contributed by atoms with Gasteiger partial charge in [0.15, 0.2) is 0 Å². The highest BCUT2D eigenvalue weighted by molar-refractivity contribution is 5.12. The number of aromatic nitrogens is 2. The third-order valence-electron chi connectivity index (χ3n) is 3.83. The summed E-state index contributed by atoms with van der Waals surface area (Å²) in [6, 6.07) is 2.26. The highest BCUT2D eigenvalue weighted by Crippen LogP contribution is 2.26. The van der Waals surface area contributed by atoms with Crippen molar-refractivity contribution in [2.45, 2.75) is 53.4 Å². The van der Waals surface area contributed by atoms with Crippen molar-refractivity contribution in [3.05, 3.63) is 17.5 Å². The van der Waals surface area contributed by atoms with Crippen LogP contribution in [0.25, 0.3) is 0 Å². The molecule has 1 rings (SSSR count). The van der Waals surface area contributed by atoms with Gasteiger partial charge in [0, 0.05) is 19.3 Å². The van der Waals surface area contributed by atoms with Crippen LogP contribution in [0, 0.1) is 5.41 Å². The largest absolute Gasteiger partial charge is 0.316 e. The van der Waals surface area contributed by atoms with E-state index in [4.69, 9.17) is 0 Å². The van der Waals surface area contributed by atoms with E-state index in [1.54, 1.807) is 0 Å². The zero-order chi connectivity index (χ0) is 13.6. The molecule has 3 nitrogen and oxygen atoms in total. The molecule has 0 saturated heterocycles. The number of rotatable bonds is 8. The lowest BCUT2D eigenvalue weighted by atomic mass is 9.82. The second-order valence-electron chi connectivity index (χ2n) is 5.62. The van der Waals surface area contributed by atoms with Crippen molar-refractivity contribution in [1.82, 2.24) is 15.1 Å². The maximum absolute atomic E-state index is 4.54. The van der Waals surface area contributed by atoms with E-state index in [-0.39, 0.29) is 0 Å². The summed E-state index contributed by atoms with van der Waals surface area (Å²) in [6.07, 6.45) is 4.51. The Hall–Kier alpha value is -0.830. The number of hydrogen-bond donors (Lipinski definition) is 1. The lowest BCUT2D eigenvalue weighted by Gasteiger charge is -2.28. The maximum atomic E-state index is 4.54. The fourth-order valence-electron chi connectivity index (χ4n) is 2.23. The van der Waals surface area contributed by atoms with Gasteiger partial charge in [0.05, 0.1) is 5.69 Å². The number of nitrogens with one attached hydrogen (secondary N) is 1. The van der Waals surface area contributed by atoms with Crippen LogP contribution in [-0.4, -0.2) is 22.9 Å². The first kappa shape index (κ1) is 15.2. The van der Waals surface area contributed by atoms with Crippen LogP contribution >= 0.6 is 0 Å². The summed E-state index contributed by atoms with van der Waals surface area (Å²) in [6.45, 7) is 11.2. The quantitative estimate of drug-likeness (QED) is 0.720. The Morgan fingerprint density at radius 1 is 1.33 bits per heavy atom. The van der Waals surface area contributed by atoms with Crippen molar-refractivity contribution in [3.8, 4) is 0 Å². The number of aryl methyl sites for hydroxylation is 2. The lowest BCUT2D eigenvalue weighted by molar-refractivity contribution is 0.284. The van der Waals surface area contributed by atoms with Gasteiger partial charge in [-0.05, 0) is 43.7 Å². The smallest absolute Gasteiger partial charge is 0.0624 e. The second-order valence-corrected chi connectivity index (χ2v) is 5.62. The summed E-state index contributed by atoms with van der Waals surface area (Å²) in [5.74, 6) is 0. The Morgan fingerprint density at radius 2 is 2.06 bits per heavy atom. The molecule has 0 radical (unpaired) electrons. The molecule has 104 valence electrons. The van der Waals surface area contributed by atoms with Crippen LogP contribution in [-0.2, 0) is 19.9 Å². The van der Waals surface area contributed by atoms with Crippen LogP contribution in [0.15, 0.2) is 6.07 Å². The van der Waals surface area contributed by atoms with Gasteiger partial charge < -0.3 is 5.32 Å². The van der Waals surface area contributed by atoms with Gasteiger partial charge in [-0.2, -0.15) is 5.10 Å². The van der Waals surface area contributed by atoms with Crippen LogP contribution in [0.1, 0.15) is 51.9 Å². The van der Waals surface area contributed by atoms with E-state index in [2.05, 4.69) is 51.2 Å². The van der Waals surface area contributed by atoms with Crippen molar-refractivity contribution < 1.29 is 0 Å². The van der Waals surface area contributed by atoms with Crippen LogP contribution in [0.2, 0.25) is 0 Å². The molecule has 0 aliphatic carbocycles. The van der Waals surface area contributed by atoms with Gasteiger partial charge in [-0.25, -0.2) is 0 Å². The second kappa shape index (κ2) is 6.93. The summed E-state index contributed by atoms with van der Waals surface area (Å²) < 4.78 is 2.05. The van der Waals surface area contributed by atoms with Gasteiger partial charge in [-0.15, -0.1) is 0 Å². The van der Waals surface area contributed by atoms with E-state index in [0.717, 1.165) is 25.9 Å². The Morgan fingerprint density at radius 3 is 2.56 bits per heavy atom. The molecule has 1 aromatic heterocycles. The molecule has 1 N–H and O–H groups in total. The normalized spacial score (nSPS) is 14.7. The van der Waals surface area contributed by atoms with Gasteiger partial charge in [0.1, 0.15) is 0 Å². The van der Waals surface area contributed by atoms with E-state index in [0.29, 0.717) is 5.41 Å². The minimum atomic E-state index is 0.327. The van der Waals surface area contributed by atoms with Crippen molar-refractivity contribution in [1.29, 1.82) is 0 Å². The Kier molecular flexibility index (Phi) is 5.86. The summed E-state index contributed by atoms with van der Waals surface area (Å²) in [7, 11) is 2.06. The fourth-order valence-corrected chi connectivity index (χ4v) is 2.23. The van der Waals surface area contributed by atoms with Gasteiger partial charge in [0.25, 0.3) is 0 Å². The Bertz CT molecular complexity index is 357. The summed E-state index contributed by atoms with van der Waals surface area (Å²) >= 11 is 0. The highest BCUT2D eigenvalue weighted by atomic mass is 15.3. The molecule has 0 amide bonds. The summed E-state index contributed by atoms with van der Waals surface area (Å²) in [5.41, 5.74) is 2.88. The van der Waals surface area contributed by atoms with Gasteiger partial charge in [-0.3, -0.25) is 4.68 Å². The van der Waals surface area contributed by atoms with Crippen LogP contribution in [0.5, 0.6) is 0 Å². The minimum absolute atomic E-state index is 0.327. The first-order valence-electron chi connectivity index (χ1n) is 7.27. The maximum Gasteiger partial charge on any atom is 0.0624 e. The molecule has 3 heteroatoms. The van der Waals surface area contributed by atoms with Crippen molar-refractivity contribution >= 4 is 0 Å². The molecule has 1 unspecified atom stereocenters. The molecule has 1 atom stereocenters. The molecule has 1 aromatic rings. The first-order chi connectivity index (χ1) is 8.54. The third-order valence-corrected chi connectivity index (χ3v) is 3.83. The van der Waals surface area contributed by atoms with E-state index in [1.165, 1.54) is 24.2 Å². The third kappa shape index (κ3) is 4.13. The predicted molar refractivity (Wildman–Crippen MR) is 77.8 cm³/mol. The monoisotopic (exact) mass is 251 g/mol. The Labute approximate surface area is 112 Å². The highest BCUT2D eigenvalue weighted by Gasteiger charge is 2.23. The minimum Gasteiger partial charge on any atom is -0.316 e. The number of hydrogen-bond acceptors (Lipinski definition) is 2. The number of nitrogens with zero attached hydrogens (tertiary/aromatic N) is 2. The topological polar surface area (TPSA) is 29.9 Å². The molecule has 0 fully saturated rings. The van der Waals surface area contributed by atoms with Gasteiger partial charge >= 0.3 is 0 Å². The Balaban J connectivity index is 2.68. The van der Waals surface area contributed by atoms with E-state index < -0.39 is 0 Å². The zero-order valence-electron chi connectivity index (χ0n) is 12.7. The fraction of sp³-hybridized carbons (Fsp3) is 0.800. The molecule has 0 bridgehead atoms. The molecule has 0 aliphatic heterocycles. The molecule has 0 saturated carbocycles. The summed E-state index contributed by atoms with van der Waals surface area (Å²) in [4.78, 5) is 0. The molecule has 1 heterocycles. The molecular weight excluding hydrogens is 222 g/mol.